The van der Waals surface area contributed by atoms with E-state index in [2.05, 4.69) is 0 Å². The summed E-state index contributed by atoms with van der Waals surface area (Å²) in [5, 5.41) is 0. The Kier molecular flexibility index (Phi) is 5.65. The van der Waals surface area contributed by atoms with E-state index in [1.54, 1.807) is 7.05 Å². The van der Waals surface area contributed by atoms with Crippen molar-refractivity contribution in [2.24, 2.45) is 0 Å². The largest absolute Gasteiger partial charge is 0.459 e. The molecule has 0 saturated carbocycles. The van der Waals surface area contributed by atoms with Crippen molar-refractivity contribution in [1.29, 1.82) is 0 Å². The summed E-state index contributed by atoms with van der Waals surface area (Å²) in [7, 11) is 1.66. The highest BCUT2D eigenvalue weighted by molar-refractivity contribution is 5.90. The van der Waals surface area contributed by atoms with Crippen molar-refractivity contribution in [1.82, 2.24) is 4.90 Å². The Morgan fingerprint density at radius 3 is 2.29 bits per heavy atom. The van der Waals surface area contributed by atoms with E-state index in [1.165, 1.54) is 4.90 Å². The van der Waals surface area contributed by atoms with Gasteiger partial charge in [0.05, 0.1) is 5.41 Å². The molecule has 5 nitrogen and oxygen atoms in total. The van der Waals surface area contributed by atoms with Crippen molar-refractivity contribution in [2.45, 2.75) is 44.6 Å². The van der Waals surface area contributed by atoms with Crippen LogP contribution in [0.25, 0.3) is 0 Å². The molecule has 132 valence electrons. The molecule has 1 aromatic rings. The molecule has 2 rings (SSSR count). The standard InChI is InChI=1S/C19H27NO4/c1-18(2,3)24-16(21)14-20(4)17(22)19(10-12-23-13-11-19)15-8-6-5-7-9-15/h5-9H,10-14H2,1-4H3. The summed E-state index contributed by atoms with van der Waals surface area (Å²) >= 11 is 0. The lowest BCUT2D eigenvalue weighted by atomic mass is 9.73. The number of hydrogen-bond donors (Lipinski definition) is 0. The maximum Gasteiger partial charge on any atom is 0.326 e. The first-order valence-electron chi connectivity index (χ1n) is 8.35. The predicted octanol–water partition coefficient (Wildman–Crippen LogP) is 2.53. The highest BCUT2D eigenvalue weighted by atomic mass is 16.6. The Bertz CT molecular complexity index is 571. The van der Waals surface area contributed by atoms with Crippen LogP contribution in [0.4, 0.5) is 0 Å². The minimum Gasteiger partial charge on any atom is -0.459 e. The lowest BCUT2D eigenvalue weighted by Gasteiger charge is -2.39. The fourth-order valence-electron chi connectivity index (χ4n) is 3.11. The van der Waals surface area contributed by atoms with Gasteiger partial charge in [-0.05, 0) is 39.2 Å². The second-order valence-electron chi connectivity index (χ2n) is 7.31. The molecule has 5 heteroatoms. The number of likely N-dealkylation sites (N-methyl/N-ethyl adjacent to an activating group) is 1. The van der Waals surface area contributed by atoms with Crippen LogP contribution >= 0.6 is 0 Å². The normalized spacial score (nSPS) is 17.2. The van der Waals surface area contributed by atoms with Crippen LogP contribution in [-0.4, -0.2) is 49.2 Å². The minimum atomic E-state index is -0.629. The maximum absolute atomic E-state index is 13.2. The van der Waals surface area contributed by atoms with E-state index in [-0.39, 0.29) is 12.5 Å². The lowest BCUT2D eigenvalue weighted by molar-refractivity contribution is -0.160. The monoisotopic (exact) mass is 333 g/mol. The van der Waals surface area contributed by atoms with Gasteiger partial charge < -0.3 is 14.4 Å². The molecule has 1 amide bonds. The highest BCUT2D eigenvalue weighted by Gasteiger charge is 2.43. The number of rotatable bonds is 4. The number of nitrogens with zero attached hydrogens (tertiary/aromatic N) is 1. The molecule has 0 bridgehead atoms. The number of carbonyl (C=O) groups excluding carboxylic acids is 2. The topological polar surface area (TPSA) is 55.8 Å². The summed E-state index contributed by atoms with van der Waals surface area (Å²) in [6.45, 7) is 6.48. The van der Waals surface area contributed by atoms with Crippen molar-refractivity contribution in [3.05, 3.63) is 35.9 Å². The quantitative estimate of drug-likeness (QED) is 0.795. The molecule has 1 fully saturated rings. The van der Waals surface area contributed by atoms with Crippen LogP contribution in [0.3, 0.4) is 0 Å². The number of carbonyl (C=O) groups is 2. The van der Waals surface area contributed by atoms with E-state index in [9.17, 15) is 9.59 Å². The zero-order chi connectivity index (χ0) is 17.8. The van der Waals surface area contributed by atoms with Gasteiger partial charge in [-0.2, -0.15) is 0 Å². The maximum atomic E-state index is 13.2. The second kappa shape index (κ2) is 7.34. The molecule has 0 unspecified atom stereocenters. The fraction of sp³-hybridized carbons (Fsp3) is 0.579. The third-order valence-electron chi connectivity index (χ3n) is 4.22. The zero-order valence-corrected chi connectivity index (χ0v) is 15.0. The van der Waals surface area contributed by atoms with E-state index in [0.29, 0.717) is 26.1 Å². The van der Waals surface area contributed by atoms with Gasteiger partial charge in [0.2, 0.25) is 5.91 Å². The van der Waals surface area contributed by atoms with Crippen LogP contribution in [-0.2, 0) is 24.5 Å². The molecule has 1 heterocycles. The molecule has 1 saturated heterocycles. The molecule has 0 radical (unpaired) electrons. The van der Waals surface area contributed by atoms with Crippen LogP contribution in [0.5, 0.6) is 0 Å². The summed E-state index contributed by atoms with van der Waals surface area (Å²) in [5.74, 6) is -0.448. The number of esters is 1. The number of benzene rings is 1. The van der Waals surface area contributed by atoms with Crippen molar-refractivity contribution in [3.8, 4) is 0 Å². The molecule has 1 aromatic carbocycles. The molecular formula is C19H27NO4. The van der Waals surface area contributed by atoms with Gasteiger partial charge in [0.15, 0.2) is 0 Å². The average Bonchev–Trinajstić information content (AvgIpc) is 2.53. The summed E-state index contributed by atoms with van der Waals surface area (Å²) in [4.78, 5) is 26.7. The molecule has 0 aliphatic carbocycles. The van der Waals surface area contributed by atoms with Crippen molar-refractivity contribution in [3.63, 3.8) is 0 Å². The van der Waals surface area contributed by atoms with Gasteiger partial charge in [-0.15, -0.1) is 0 Å². The molecule has 0 N–H and O–H groups in total. The molecule has 24 heavy (non-hydrogen) atoms. The third kappa shape index (κ3) is 4.35. The van der Waals surface area contributed by atoms with Crippen LogP contribution in [0.15, 0.2) is 30.3 Å². The van der Waals surface area contributed by atoms with Crippen LogP contribution < -0.4 is 0 Å². The Labute approximate surface area is 143 Å². The number of amides is 1. The van der Waals surface area contributed by atoms with E-state index in [0.717, 1.165) is 5.56 Å². The van der Waals surface area contributed by atoms with Crippen LogP contribution in [0, 0.1) is 0 Å². The zero-order valence-electron chi connectivity index (χ0n) is 15.0. The Balaban J connectivity index is 2.18. The lowest BCUT2D eigenvalue weighted by Crippen LogP contribution is -2.50. The van der Waals surface area contributed by atoms with Crippen molar-refractivity contribution in [2.75, 3.05) is 26.8 Å². The van der Waals surface area contributed by atoms with Gasteiger partial charge >= 0.3 is 5.97 Å². The first-order valence-corrected chi connectivity index (χ1v) is 8.35. The highest BCUT2D eigenvalue weighted by Crippen LogP contribution is 2.36. The van der Waals surface area contributed by atoms with Gasteiger partial charge in [0.25, 0.3) is 0 Å². The number of ether oxygens (including phenoxy) is 2. The summed E-state index contributed by atoms with van der Waals surface area (Å²) in [6.07, 6.45) is 1.24. The molecule has 0 spiro atoms. The van der Waals surface area contributed by atoms with Crippen molar-refractivity contribution < 1.29 is 19.1 Å². The second-order valence-corrected chi connectivity index (χ2v) is 7.31. The first-order chi connectivity index (χ1) is 11.2. The number of hydrogen-bond acceptors (Lipinski definition) is 4. The van der Waals surface area contributed by atoms with Crippen molar-refractivity contribution >= 4 is 11.9 Å². The van der Waals surface area contributed by atoms with Gasteiger partial charge in [-0.25, -0.2) is 0 Å². The van der Waals surface area contributed by atoms with E-state index >= 15 is 0 Å². The molecule has 1 aliphatic heterocycles. The molecular weight excluding hydrogens is 306 g/mol. The predicted molar refractivity (Wildman–Crippen MR) is 91.7 cm³/mol. The summed E-state index contributed by atoms with van der Waals surface area (Å²) < 4.78 is 10.8. The van der Waals surface area contributed by atoms with Gasteiger partial charge in [0.1, 0.15) is 12.1 Å². The van der Waals surface area contributed by atoms with Gasteiger partial charge in [-0.3, -0.25) is 9.59 Å². The van der Waals surface area contributed by atoms with E-state index in [1.807, 2.05) is 51.1 Å². The molecule has 0 aromatic heterocycles. The third-order valence-corrected chi connectivity index (χ3v) is 4.22. The summed E-state index contributed by atoms with van der Waals surface area (Å²) in [6, 6.07) is 9.77. The Morgan fingerprint density at radius 2 is 1.75 bits per heavy atom. The van der Waals surface area contributed by atoms with E-state index in [4.69, 9.17) is 9.47 Å². The fourth-order valence-corrected chi connectivity index (χ4v) is 3.11. The average molecular weight is 333 g/mol. The Hall–Kier alpha value is -1.88. The molecule has 0 atom stereocenters. The first kappa shape index (κ1) is 18.5. The smallest absolute Gasteiger partial charge is 0.326 e. The van der Waals surface area contributed by atoms with Crippen LogP contribution in [0.2, 0.25) is 0 Å². The van der Waals surface area contributed by atoms with E-state index < -0.39 is 17.0 Å². The van der Waals surface area contributed by atoms with Gasteiger partial charge in [-0.1, -0.05) is 30.3 Å². The molecule has 1 aliphatic rings. The minimum absolute atomic E-state index is 0.0501. The Morgan fingerprint density at radius 1 is 1.17 bits per heavy atom. The van der Waals surface area contributed by atoms with Gasteiger partial charge in [0, 0.05) is 20.3 Å². The SMILES string of the molecule is CN(CC(=O)OC(C)(C)C)C(=O)C1(c2ccccc2)CCOCC1. The summed E-state index contributed by atoms with van der Waals surface area (Å²) in [5.41, 5.74) is -0.207. The van der Waals surface area contributed by atoms with Crippen LogP contribution in [0.1, 0.15) is 39.2 Å².